The quantitative estimate of drug-likeness (QED) is 0.841. The highest BCUT2D eigenvalue weighted by Gasteiger charge is 2.50. The molecule has 0 saturated carbocycles. The Morgan fingerprint density at radius 2 is 1.69 bits per heavy atom. The molecule has 29 heavy (non-hydrogen) atoms. The van der Waals surface area contributed by atoms with Gasteiger partial charge in [-0.1, -0.05) is 18.2 Å². The number of hydrogen-bond donors (Lipinski definition) is 2. The van der Waals surface area contributed by atoms with E-state index < -0.39 is 5.54 Å². The van der Waals surface area contributed by atoms with Gasteiger partial charge in [-0.3, -0.25) is 4.79 Å². The Morgan fingerprint density at radius 3 is 2.31 bits per heavy atom. The van der Waals surface area contributed by atoms with E-state index in [0.717, 1.165) is 17.1 Å². The van der Waals surface area contributed by atoms with Crippen molar-refractivity contribution in [1.29, 1.82) is 0 Å². The lowest BCUT2D eigenvalue weighted by Gasteiger charge is -2.43. The van der Waals surface area contributed by atoms with Crippen molar-refractivity contribution in [2.75, 3.05) is 49.0 Å². The van der Waals surface area contributed by atoms with E-state index in [9.17, 15) is 9.59 Å². The maximum absolute atomic E-state index is 12.7. The number of likely N-dealkylation sites (tertiary alicyclic amines) is 1. The number of urea groups is 1. The zero-order valence-electron chi connectivity index (χ0n) is 16.9. The minimum absolute atomic E-state index is 0.0562. The number of benzene rings is 2. The van der Waals surface area contributed by atoms with Crippen LogP contribution in [0.1, 0.15) is 12.8 Å². The molecule has 0 radical (unpaired) electrons. The van der Waals surface area contributed by atoms with E-state index in [1.807, 2.05) is 73.6 Å². The summed E-state index contributed by atoms with van der Waals surface area (Å²) < 4.78 is 0. The molecule has 2 saturated heterocycles. The number of para-hydroxylation sites is 1. The fraction of sp³-hybridized carbons (Fsp3) is 0.364. The molecule has 152 valence electrons. The number of carbonyl (C=O) groups is 2. The molecule has 1 spiro atoms. The van der Waals surface area contributed by atoms with E-state index in [-0.39, 0.29) is 11.9 Å². The molecule has 2 heterocycles. The van der Waals surface area contributed by atoms with Gasteiger partial charge in [0.1, 0.15) is 5.54 Å². The molecule has 2 N–H and O–H groups in total. The molecule has 3 amide bonds. The van der Waals surface area contributed by atoms with Gasteiger partial charge in [0.05, 0.1) is 6.67 Å². The highest BCUT2D eigenvalue weighted by molar-refractivity contribution is 5.94. The highest BCUT2D eigenvalue weighted by atomic mass is 16.2. The highest BCUT2D eigenvalue weighted by Crippen LogP contribution is 2.36. The Morgan fingerprint density at radius 1 is 1.03 bits per heavy atom. The van der Waals surface area contributed by atoms with E-state index in [4.69, 9.17) is 0 Å². The molecule has 2 aliphatic heterocycles. The first-order valence-electron chi connectivity index (χ1n) is 9.94. The first kappa shape index (κ1) is 19.1. The van der Waals surface area contributed by atoms with Crippen molar-refractivity contribution < 1.29 is 9.59 Å². The van der Waals surface area contributed by atoms with E-state index in [1.54, 1.807) is 4.90 Å². The van der Waals surface area contributed by atoms with Gasteiger partial charge in [0, 0.05) is 44.2 Å². The summed E-state index contributed by atoms with van der Waals surface area (Å²) >= 11 is 0. The number of rotatable bonds is 3. The van der Waals surface area contributed by atoms with Gasteiger partial charge in [-0.05, 0) is 49.2 Å². The zero-order chi connectivity index (χ0) is 20.4. The van der Waals surface area contributed by atoms with Gasteiger partial charge in [-0.15, -0.1) is 0 Å². The monoisotopic (exact) mass is 393 g/mol. The third-order valence-electron chi connectivity index (χ3n) is 5.92. The van der Waals surface area contributed by atoms with Crippen molar-refractivity contribution >= 4 is 29.0 Å². The van der Waals surface area contributed by atoms with Gasteiger partial charge in [0.2, 0.25) is 5.91 Å². The predicted octanol–water partition coefficient (Wildman–Crippen LogP) is 2.71. The summed E-state index contributed by atoms with van der Waals surface area (Å²) in [5, 5.41) is 5.96. The van der Waals surface area contributed by atoms with Crippen molar-refractivity contribution in [1.82, 2.24) is 10.2 Å². The molecular weight excluding hydrogens is 366 g/mol. The summed E-state index contributed by atoms with van der Waals surface area (Å²) in [6.07, 6.45) is 1.22. The number of nitrogens with zero attached hydrogens (tertiary/aromatic N) is 3. The van der Waals surface area contributed by atoms with E-state index in [0.29, 0.717) is 32.6 Å². The largest absolute Gasteiger partial charge is 0.378 e. The number of piperidine rings is 1. The SMILES string of the molecule is CN(C)c1ccc(NC(=O)N2CCC3(CC2)C(=O)NCN3c2ccccc2)cc1. The van der Waals surface area contributed by atoms with Gasteiger partial charge in [-0.25, -0.2) is 4.79 Å². The Labute approximate surface area is 171 Å². The second-order valence-corrected chi connectivity index (χ2v) is 7.82. The molecule has 2 fully saturated rings. The van der Waals surface area contributed by atoms with Gasteiger partial charge < -0.3 is 25.3 Å². The summed E-state index contributed by atoms with van der Waals surface area (Å²) in [5.74, 6) is 0.0562. The third kappa shape index (κ3) is 3.60. The first-order valence-corrected chi connectivity index (χ1v) is 9.94. The third-order valence-corrected chi connectivity index (χ3v) is 5.92. The van der Waals surface area contributed by atoms with Crippen molar-refractivity contribution in [2.24, 2.45) is 0 Å². The second kappa shape index (κ2) is 7.66. The minimum Gasteiger partial charge on any atom is -0.378 e. The van der Waals surface area contributed by atoms with E-state index in [2.05, 4.69) is 15.5 Å². The molecular formula is C22H27N5O2. The molecule has 4 rings (SSSR count). The zero-order valence-corrected chi connectivity index (χ0v) is 16.9. The van der Waals surface area contributed by atoms with Crippen LogP contribution in [0.15, 0.2) is 54.6 Å². The van der Waals surface area contributed by atoms with Gasteiger partial charge in [-0.2, -0.15) is 0 Å². The maximum atomic E-state index is 12.7. The summed E-state index contributed by atoms with van der Waals surface area (Å²) in [5.41, 5.74) is 2.30. The van der Waals surface area contributed by atoms with Crippen LogP contribution >= 0.6 is 0 Å². The Bertz CT molecular complexity index is 874. The summed E-state index contributed by atoms with van der Waals surface area (Å²) in [6, 6.07) is 17.6. The van der Waals surface area contributed by atoms with Crippen LogP contribution in [0.4, 0.5) is 21.9 Å². The fourth-order valence-electron chi connectivity index (χ4n) is 4.16. The standard InChI is InChI=1S/C22H27N5O2/c1-25(2)18-10-8-17(9-11-18)24-21(29)26-14-12-22(13-15-26)20(28)23-16-27(22)19-6-4-3-5-7-19/h3-11H,12-16H2,1-2H3,(H,23,28)(H,24,29). The number of anilines is 3. The molecule has 2 aromatic rings. The summed E-state index contributed by atoms with van der Waals surface area (Å²) in [7, 11) is 3.96. The molecule has 2 aromatic carbocycles. The molecule has 0 atom stereocenters. The number of amides is 3. The average Bonchev–Trinajstić information content (AvgIpc) is 3.05. The van der Waals surface area contributed by atoms with Crippen molar-refractivity contribution in [3.63, 3.8) is 0 Å². The number of nitrogens with one attached hydrogen (secondary N) is 2. The van der Waals surface area contributed by atoms with Gasteiger partial charge >= 0.3 is 6.03 Å². The lowest BCUT2D eigenvalue weighted by Crippen LogP contribution is -2.57. The Balaban J connectivity index is 1.41. The second-order valence-electron chi connectivity index (χ2n) is 7.82. The maximum Gasteiger partial charge on any atom is 0.321 e. The van der Waals surface area contributed by atoms with Crippen molar-refractivity contribution in [2.45, 2.75) is 18.4 Å². The molecule has 0 aliphatic carbocycles. The van der Waals surface area contributed by atoms with Crippen LogP contribution in [0.3, 0.4) is 0 Å². The van der Waals surface area contributed by atoms with Crippen LogP contribution in [0, 0.1) is 0 Å². The van der Waals surface area contributed by atoms with Crippen molar-refractivity contribution in [3.05, 3.63) is 54.6 Å². The molecule has 0 aromatic heterocycles. The van der Waals surface area contributed by atoms with Gasteiger partial charge in [0.25, 0.3) is 0 Å². The topological polar surface area (TPSA) is 67.9 Å². The lowest BCUT2D eigenvalue weighted by molar-refractivity contribution is -0.124. The molecule has 2 aliphatic rings. The molecule has 0 unspecified atom stereocenters. The van der Waals surface area contributed by atoms with Crippen LogP contribution in [0.25, 0.3) is 0 Å². The van der Waals surface area contributed by atoms with Crippen LogP contribution in [0.2, 0.25) is 0 Å². The number of hydrogen-bond acceptors (Lipinski definition) is 4. The lowest BCUT2D eigenvalue weighted by atomic mass is 9.85. The molecule has 0 bridgehead atoms. The molecule has 7 heteroatoms. The van der Waals surface area contributed by atoms with Crippen LogP contribution in [-0.2, 0) is 4.79 Å². The normalized spacial score (nSPS) is 17.9. The number of carbonyl (C=O) groups excluding carboxylic acids is 2. The van der Waals surface area contributed by atoms with E-state index >= 15 is 0 Å². The Hall–Kier alpha value is -3.22. The summed E-state index contributed by atoms with van der Waals surface area (Å²) in [4.78, 5) is 31.4. The van der Waals surface area contributed by atoms with Gasteiger partial charge in [0.15, 0.2) is 0 Å². The first-order chi connectivity index (χ1) is 14.0. The van der Waals surface area contributed by atoms with E-state index in [1.165, 1.54) is 0 Å². The smallest absolute Gasteiger partial charge is 0.321 e. The fourth-order valence-corrected chi connectivity index (χ4v) is 4.16. The Kier molecular flexibility index (Phi) is 5.05. The van der Waals surface area contributed by atoms with Crippen molar-refractivity contribution in [3.8, 4) is 0 Å². The minimum atomic E-state index is -0.578. The van der Waals surface area contributed by atoms with Crippen LogP contribution in [0.5, 0.6) is 0 Å². The van der Waals surface area contributed by atoms with Crippen LogP contribution in [-0.4, -0.2) is 56.2 Å². The predicted molar refractivity (Wildman–Crippen MR) is 115 cm³/mol. The van der Waals surface area contributed by atoms with Crippen LogP contribution < -0.4 is 20.4 Å². The average molecular weight is 393 g/mol. The molecule has 7 nitrogen and oxygen atoms in total. The summed E-state index contributed by atoms with van der Waals surface area (Å²) in [6.45, 7) is 1.59.